The Kier molecular flexibility index (Phi) is 23.1. The molecule has 0 bridgehead atoms. The van der Waals surface area contributed by atoms with Crippen LogP contribution in [0.15, 0.2) is 12.2 Å². The molecule has 0 amide bonds. The number of allylic oxidation sites excluding steroid dienone is 1. The summed E-state index contributed by atoms with van der Waals surface area (Å²) in [4.78, 5) is 2.30. The van der Waals surface area contributed by atoms with Gasteiger partial charge in [0.1, 0.15) is 0 Å². The Morgan fingerprint density at radius 2 is 1.03 bits per heavy atom. The van der Waals surface area contributed by atoms with Gasteiger partial charge in [0.2, 0.25) is 0 Å². The van der Waals surface area contributed by atoms with Crippen LogP contribution in [0.25, 0.3) is 0 Å². The second-order valence-electron chi connectivity index (χ2n) is 10.3. The molecular weight excluding hydrogens is 362 g/mol. The molecule has 0 heterocycles. The molecule has 0 saturated carbocycles. The fourth-order valence-electron chi connectivity index (χ4n) is 4.62. The van der Waals surface area contributed by atoms with E-state index in [2.05, 4.69) is 39.4 Å². The van der Waals surface area contributed by atoms with E-state index in [0.717, 1.165) is 5.92 Å². The van der Waals surface area contributed by atoms with Crippen LogP contribution >= 0.6 is 0 Å². The first kappa shape index (κ1) is 29.7. The Bertz CT molecular complexity index is 346. The number of rotatable bonds is 24. The van der Waals surface area contributed by atoms with Gasteiger partial charge in [0.15, 0.2) is 0 Å². The van der Waals surface area contributed by atoms with Gasteiger partial charge in [-0.15, -0.1) is 0 Å². The van der Waals surface area contributed by atoms with E-state index in [4.69, 9.17) is 0 Å². The number of hydrogen-bond donors (Lipinski definition) is 0. The van der Waals surface area contributed by atoms with Crippen molar-refractivity contribution < 1.29 is 0 Å². The largest absolute Gasteiger partial charge is 0.309 e. The zero-order chi connectivity index (χ0) is 22.3. The highest BCUT2D eigenvalue weighted by atomic mass is 15.0. The minimum Gasteiger partial charge on any atom is -0.309 e. The fraction of sp³-hybridized carbons (Fsp3) is 0.931. The van der Waals surface area contributed by atoms with E-state index in [1.807, 2.05) is 0 Å². The summed E-state index contributed by atoms with van der Waals surface area (Å²) in [6.07, 6.45) is 29.6. The number of hydrogen-bond acceptors (Lipinski definition) is 1. The van der Waals surface area contributed by atoms with Gasteiger partial charge in [0.25, 0.3) is 0 Å². The summed E-state index contributed by atoms with van der Waals surface area (Å²) >= 11 is 0. The molecule has 0 aromatic carbocycles. The summed E-state index contributed by atoms with van der Waals surface area (Å²) in [5, 5.41) is 0. The summed E-state index contributed by atoms with van der Waals surface area (Å²) < 4.78 is 0. The van der Waals surface area contributed by atoms with E-state index in [1.165, 1.54) is 147 Å². The highest BCUT2D eigenvalue weighted by molar-refractivity contribution is 4.95. The smallest absolute Gasteiger partial charge is 0.00247 e. The molecule has 0 aliphatic heterocycles. The van der Waals surface area contributed by atoms with Crippen LogP contribution in [0.2, 0.25) is 0 Å². The third kappa shape index (κ3) is 22.4. The third-order valence-corrected chi connectivity index (χ3v) is 6.64. The van der Waals surface area contributed by atoms with Crippen LogP contribution in [0.3, 0.4) is 0 Å². The monoisotopic (exact) mass is 421 g/mol. The molecular formula is C29H59N. The molecule has 1 atom stereocenters. The lowest BCUT2D eigenvalue weighted by atomic mass is 9.87. The van der Waals surface area contributed by atoms with Crippen molar-refractivity contribution in [2.45, 2.75) is 149 Å². The normalized spacial score (nSPS) is 12.6. The highest BCUT2D eigenvalue weighted by Crippen LogP contribution is 2.26. The molecule has 0 N–H and O–H groups in total. The van der Waals surface area contributed by atoms with Gasteiger partial charge in [0.05, 0.1) is 0 Å². The first-order valence-corrected chi connectivity index (χ1v) is 13.9. The predicted octanol–water partition coefficient (Wildman–Crippen LogP) is 9.95. The average Bonchev–Trinajstić information content (AvgIpc) is 2.72. The van der Waals surface area contributed by atoms with Crippen molar-refractivity contribution in [3.63, 3.8) is 0 Å². The van der Waals surface area contributed by atoms with Crippen LogP contribution in [-0.2, 0) is 0 Å². The lowest BCUT2D eigenvalue weighted by Crippen LogP contribution is -2.12. The molecule has 0 aliphatic carbocycles. The van der Waals surface area contributed by atoms with Crippen LogP contribution in [0, 0.1) is 5.92 Å². The van der Waals surface area contributed by atoms with Gasteiger partial charge >= 0.3 is 0 Å². The van der Waals surface area contributed by atoms with Crippen LogP contribution in [0.5, 0.6) is 0 Å². The summed E-state index contributed by atoms with van der Waals surface area (Å²) in [6.45, 7) is 10.3. The van der Waals surface area contributed by atoms with Gasteiger partial charge in [-0.05, 0) is 52.2 Å². The molecule has 1 nitrogen and oxygen atoms in total. The molecule has 1 heteroatoms. The highest BCUT2D eigenvalue weighted by Gasteiger charge is 2.11. The molecule has 0 rings (SSSR count). The van der Waals surface area contributed by atoms with Crippen molar-refractivity contribution >= 4 is 0 Å². The Hall–Kier alpha value is -0.300. The Labute approximate surface area is 192 Å². The first-order chi connectivity index (χ1) is 14.6. The SMILES string of the molecule is C=C(CCCCN(C)C)CC(CCCCCCCC)CCCCCCCCCCC. The standard InChI is InChI=1S/C29H59N/c1-6-8-10-12-14-15-16-18-20-25-29(24-19-17-13-11-9-7-2)27-28(3)23-21-22-26-30(4)5/h29H,3,6-27H2,1-2,4-5H3. The molecule has 0 saturated heterocycles. The zero-order valence-electron chi connectivity index (χ0n) is 21.8. The maximum absolute atomic E-state index is 4.46. The summed E-state index contributed by atoms with van der Waals surface area (Å²) in [7, 11) is 4.35. The first-order valence-electron chi connectivity index (χ1n) is 13.9. The van der Waals surface area contributed by atoms with Crippen molar-refractivity contribution in [1.29, 1.82) is 0 Å². The van der Waals surface area contributed by atoms with Crippen LogP contribution < -0.4 is 0 Å². The van der Waals surface area contributed by atoms with Crippen molar-refractivity contribution in [1.82, 2.24) is 4.90 Å². The van der Waals surface area contributed by atoms with E-state index in [9.17, 15) is 0 Å². The summed E-state index contributed by atoms with van der Waals surface area (Å²) in [5.74, 6) is 0.905. The molecule has 0 aromatic rings. The van der Waals surface area contributed by atoms with Crippen LogP contribution in [0.1, 0.15) is 149 Å². The minimum atomic E-state index is 0.905. The Balaban J connectivity index is 4.01. The van der Waals surface area contributed by atoms with E-state index >= 15 is 0 Å². The second kappa shape index (κ2) is 23.4. The van der Waals surface area contributed by atoms with Gasteiger partial charge in [-0.1, -0.05) is 135 Å². The minimum absolute atomic E-state index is 0.905. The number of unbranched alkanes of at least 4 members (excludes halogenated alkanes) is 14. The quantitative estimate of drug-likeness (QED) is 0.111. The molecule has 180 valence electrons. The Morgan fingerprint density at radius 3 is 1.47 bits per heavy atom. The third-order valence-electron chi connectivity index (χ3n) is 6.64. The van der Waals surface area contributed by atoms with E-state index in [0.29, 0.717) is 0 Å². The molecule has 0 aliphatic rings. The zero-order valence-corrected chi connectivity index (χ0v) is 21.8. The van der Waals surface area contributed by atoms with Gasteiger partial charge in [-0.25, -0.2) is 0 Å². The van der Waals surface area contributed by atoms with Crippen molar-refractivity contribution in [2.75, 3.05) is 20.6 Å². The summed E-state index contributed by atoms with van der Waals surface area (Å²) in [5.41, 5.74) is 1.53. The molecule has 30 heavy (non-hydrogen) atoms. The second-order valence-corrected chi connectivity index (χ2v) is 10.3. The van der Waals surface area contributed by atoms with Gasteiger partial charge in [-0.2, -0.15) is 0 Å². The van der Waals surface area contributed by atoms with Crippen LogP contribution in [-0.4, -0.2) is 25.5 Å². The van der Waals surface area contributed by atoms with Gasteiger partial charge in [0, 0.05) is 0 Å². The topological polar surface area (TPSA) is 3.24 Å². The summed E-state index contributed by atoms with van der Waals surface area (Å²) in [6, 6.07) is 0. The van der Waals surface area contributed by atoms with E-state index in [-0.39, 0.29) is 0 Å². The lowest BCUT2D eigenvalue weighted by Gasteiger charge is -2.19. The van der Waals surface area contributed by atoms with E-state index in [1.54, 1.807) is 0 Å². The molecule has 0 radical (unpaired) electrons. The lowest BCUT2D eigenvalue weighted by molar-refractivity contribution is 0.384. The molecule has 0 fully saturated rings. The van der Waals surface area contributed by atoms with Crippen molar-refractivity contribution in [2.24, 2.45) is 5.92 Å². The molecule has 0 spiro atoms. The van der Waals surface area contributed by atoms with Crippen molar-refractivity contribution in [3.8, 4) is 0 Å². The number of nitrogens with zero attached hydrogens (tertiary/aromatic N) is 1. The average molecular weight is 422 g/mol. The van der Waals surface area contributed by atoms with Crippen molar-refractivity contribution in [3.05, 3.63) is 12.2 Å². The maximum atomic E-state index is 4.46. The Morgan fingerprint density at radius 1 is 0.600 bits per heavy atom. The predicted molar refractivity (Wildman–Crippen MR) is 139 cm³/mol. The van der Waals surface area contributed by atoms with Gasteiger partial charge < -0.3 is 4.90 Å². The van der Waals surface area contributed by atoms with Gasteiger partial charge in [-0.3, -0.25) is 0 Å². The molecule has 0 aromatic heterocycles. The van der Waals surface area contributed by atoms with Crippen LogP contribution in [0.4, 0.5) is 0 Å². The molecule has 1 unspecified atom stereocenters. The van der Waals surface area contributed by atoms with E-state index < -0.39 is 0 Å². The fourth-order valence-corrected chi connectivity index (χ4v) is 4.62. The maximum Gasteiger partial charge on any atom is -0.00247 e.